The van der Waals surface area contributed by atoms with Crippen LogP contribution in [0.4, 0.5) is 0 Å². The summed E-state index contributed by atoms with van der Waals surface area (Å²) in [6.45, 7) is 0. The number of aliphatic carboxylic acids is 1. The molecule has 1 N–H and O–H groups in total. The van der Waals surface area contributed by atoms with E-state index in [9.17, 15) is 9.90 Å². The summed E-state index contributed by atoms with van der Waals surface area (Å²) in [6, 6.07) is 8.50. The molecular formula is C16H15NO4. The Hall–Kier alpha value is -2.82. The highest BCUT2D eigenvalue weighted by atomic mass is 16.5. The minimum atomic E-state index is -1.04. The molecule has 0 radical (unpaired) electrons. The zero-order valence-corrected chi connectivity index (χ0v) is 11.7. The number of nitrogens with zero attached hydrogens (tertiary/aromatic N) is 1. The number of carbonyl (C=O) groups is 1. The summed E-state index contributed by atoms with van der Waals surface area (Å²) in [5.41, 5.74) is 1.32. The number of carboxylic acid groups (broad SMARTS) is 1. The normalized spacial score (nSPS) is 11.0. The van der Waals surface area contributed by atoms with Crippen molar-refractivity contribution in [1.29, 1.82) is 0 Å². The van der Waals surface area contributed by atoms with Gasteiger partial charge < -0.3 is 14.6 Å². The van der Waals surface area contributed by atoms with Crippen LogP contribution in [0.25, 0.3) is 11.6 Å². The van der Waals surface area contributed by atoms with E-state index in [2.05, 4.69) is 4.98 Å². The first-order valence-corrected chi connectivity index (χ1v) is 6.23. The monoisotopic (exact) mass is 285 g/mol. The molecule has 0 aliphatic carbocycles. The summed E-state index contributed by atoms with van der Waals surface area (Å²) in [5, 5.41) is 9.49. The van der Waals surface area contributed by atoms with Gasteiger partial charge in [-0.1, -0.05) is 0 Å². The van der Waals surface area contributed by atoms with Gasteiger partial charge in [0, 0.05) is 18.0 Å². The molecule has 21 heavy (non-hydrogen) atoms. The molecule has 0 fully saturated rings. The van der Waals surface area contributed by atoms with Crippen LogP contribution >= 0.6 is 0 Å². The number of carboxylic acids is 1. The van der Waals surface area contributed by atoms with E-state index in [0.29, 0.717) is 17.1 Å². The van der Waals surface area contributed by atoms with Crippen molar-refractivity contribution in [1.82, 2.24) is 4.98 Å². The average Bonchev–Trinajstić information content (AvgIpc) is 2.52. The van der Waals surface area contributed by atoms with Crippen molar-refractivity contribution < 1.29 is 19.4 Å². The van der Waals surface area contributed by atoms with Crippen LogP contribution in [-0.4, -0.2) is 30.3 Å². The molecule has 0 aliphatic heterocycles. The second kappa shape index (κ2) is 6.56. The van der Waals surface area contributed by atoms with E-state index >= 15 is 0 Å². The minimum Gasteiger partial charge on any atom is -0.497 e. The molecule has 5 heteroatoms. The molecule has 1 aromatic carbocycles. The molecule has 0 saturated carbocycles. The quantitative estimate of drug-likeness (QED) is 0.855. The van der Waals surface area contributed by atoms with Crippen LogP contribution in [0.15, 0.2) is 42.7 Å². The lowest BCUT2D eigenvalue weighted by atomic mass is 10.0. The fourth-order valence-electron chi connectivity index (χ4n) is 1.91. The third-order valence-electron chi connectivity index (χ3n) is 2.94. The Bertz CT molecular complexity index is 665. The Labute approximate surface area is 122 Å². The zero-order chi connectivity index (χ0) is 15.2. The summed E-state index contributed by atoms with van der Waals surface area (Å²) in [5.74, 6) is -0.00968. The molecule has 2 aromatic rings. The second-order valence-corrected chi connectivity index (χ2v) is 4.21. The Morgan fingerprint density at radius 3 is 2.43 bits per heavy atom. The number of benzene rings is 1. The summed E-state index contributed by atoms with van der Waals surface area (Å²) in [4.78, 5) is 15.5. The van der Waals surface area contributed by atoms with Crippen molar-refractivity contribution in [2.24, 2.45) is 0 Å². The second-order valence-electron chi connectivity index (χ2n) is 4.21. The fraction of sp³-hybridized carbons (Fsp3) is 0.125. The Balaban J connectivity index is 2.58. The van der Waals surface area contributed by atoms with Crippen molar-refractivity contribution >= 4 is 17.6 Å². The Morgan fingerprint density at radius 2 is 1.86 bits per heavy atom. The molecule has 0 unspecified atom stereocenters. The van der Waals surface area contributed by atoms with Gasteiger partial charge in [0.1, 0.15) is 11.5 Å². The maximum atomic E-state index is 11.6. The minimum absolute atomic E-state index is 0.122. The lowest BCUT2D eigenvalue weighted by Gasteiger charge is -2.11. The number of pyridine rings is 1. The van der Waals surface area contributed by atoms with Crippen LogP contribution in [0.3, 0.4) is 0 Å². The van der Waals surface area contributed by atoms with Crippen molar-refractivity contribution in [3.05, 3.63) is 53.9 Å². The largest absolute Gasteiger partial charge is 0.497 e. The van der Waals surface area contributed by atoms with Gasteiger partial charge in [-0.2, -0.15) is 0 Å². The molecular weight excluding hydrogens is 270 g/mol. The highest BCUT2D eigenvalue weighted by molar-refractivity contribution is 6.21. The van der Waals surface area contributed by atoms with Gasteiger partial charge in [0.05, 0.1) is 19.8 Å². The molecule has 0 atom stereocenters. The van der Waals surface area contributed by atoms with Crippen molar-refractivity contribution in [3.63, 3.8) is 0 Å². The first-order valence-electron chi connectivity index (χ1n) is 6.23. The number of ether oxygens (including phenoxy) is 2. The van der Waals surface area contributed by atoms with Crippen LogP contribution < -0.4 is 9.47 Å². The predicted molar refractivity (Wildman–Crippen MR) is 79.3 cm³/mol. The number of rotatable bonds is 5. The van der Waals surface area contributed by atoms with Gasteiger partial charge in [-0.25, -0.2) is 4.79 Å². The van der Waals surface area contributed by atoms with Crippen molar-refractivity contribution in [3.8, 4) is 11.5 Å². The van der Waals surface area contributed by atoms with Crippen LogP contribution in [0, 0.1) is 0 Å². The van der Waals surface area contributed by atoms with Gasteiger partial charge in [-0.3, -0.25) is 4.98 Å². The van der Waals surface area contributed by atoms with E-state index in [-0.39, 0.29) is 5.57 Å². The summed E-state index contributed by atoms with van der Waals surface area (Å²) in [7, 11) is 3.02. The molecule has 1 heterocycles. The van der Waals surface area contributed by atoms with Gasteiger partial charge >= 0.3 is 5.97 Å². The molecule has 0 aliphatic rings. The Morgan fingerprint density at radius 1 is 1.14 bits per heavy atom. The number of hydrogen-bond donors (Lipinski definition) is 1. The lowest BCUT2D eigenvalue weighted by molar-refractivity contribution is -0.130. The lowest BCUT2D eigenvalue weighted by Crippen LogP contribution is -2.02. The molecule has 108 valence electrons. The van der Waals surface area contributed by atoms with E-state index in [1.54, 1.807) is 48.8 Å². The maximum Gasteiger partial charge on any atom is 0.336 e. The molecule has 2 rings (SSSR count). The van der Waals surface area contributed by atoms with Crippen molar-refractivity contribution in [2.75, 3.05) is 14.2 Å². The van der Waals surface area contributed by atoms with Gasteiger partial charge in [0.15, 0.2) is 0 Å². The molecule has 0 amide bonds. The Kier molecular flexibility index (Phi) is 4.56. The molecule has 0 bridgehead atoms. The van der Waals surface area contributed by atoms with Gasteiger partial charge in [0.2, 0.25) is 0 Å². The van der Waals surface area contributed by atoms with Gasteiger partial charge in [0.25, 0.3) is 0 Å². The van der Waals surface area contributed by atoms with Crippen LogP contribution in [-0.2, 0) is 4.79 Å². The highest BCUT2D eigenvalue weighted by Gasteiger charge is 2.16. The SMILES string of the molecule is COc1ccc(OC)c(/C(=C/c2ccncc2)C(=O)O)c1. The number of methoxy groups -OCH3 is 2. The molecule has 0 saturated heterocycles. The van der Waals surface area contributed by atoms with Crippen molar-refractivity contribution in [2.45, 2.75) is 0 Å². The topological polar surface area (TPSA) is 68.7 Å². The van der Waals surface area contributed by atoms with E-state index < -0.39 is 5.97 Å². The van der Waals surface area contributed by atoms with E-state index in [4.69, 9.17) is 9.47 Å². The van der Waals surface area contributed by atoms with E-state index in [1.807, 2.05) is 0 Å². The zero-order valence-electron chi connectivity index (χ0n) is 11.7. The van der Waals surface area contributed by atoms with Crippen LogP contribution in [0.1, 0.15) is 11.1 Å². The van der Waals surface area contributed by atoms with E-state index in [1.165, 1.54) is 14.2 Å². The third kappa shape index (κ3) is 3.39. The molecule has 5 nitrogen and oxygen atoms in total. The van der Waals surface area contributed by atoms with Crippen LogP contribution in [0.2, 0.25) is 0 Å². The summed E-state index contributed by atoms with van der Waals surface area (Å²) < 4.78 is 10.4. The average molecular weight is 285 g/mol. The fourth-order valence-corrected chi connectivity index (χ4v) is 1.91. The van der Waals surface area contributed by atoms with E-state index in [0.717, 1.165) is 5.56 Å². The summed E-state index contributed by atoms with van der Waals surface area (Å²) in [6.07, 6.45) is 4.78. The first kappa shape index (κ1) is 14.6. The standard InChI is InChI=1S/C16H15NO4/c1-20-12-3-4-15(21-2)13(10-12)14(16(18)19)9-11-5-7-17-8-6-11/h3-10H,1-2H3,(H,18,19)/b14-9-. The maximum absolute atomic E-state index is 11.6. The predicted octanol–water partition coefficient (Wildman–Crippen LogP) is 2.72. The first-order chi connectivity index (χ1) is 10.2. The molecule has 0 spiro atoms. The third-order valence-corrected chi connectivity index (χ3v) is 2.94. The highest BCUT2D eigenvalue weighted by Crippen LogP contribution is 2.31. The smallest absolute Gasteiger partial charge is 0.336 e. The van der Waals surface area contributed by atoms with Gasteiger partial charge in [-0.15, -0.1) is 0 Å². The van der Waals surface area contributed by atoms with Gasteiger partial charge in [-0.05, 0) is 42.0 Å². The number of hydrogen-bond acceptors (Lipinski definition) is 4. The number of aromatic nitrogens is 1. The molecule has 1 aromatic heterocycles. The summed E-state index contributed by atoms with van der Waals surface area (Å²) >= 11 is 0. The van der Waals surface area contributed by atoms with Crippen LogP contribution in [0.5, 0.6) is 11.5 Å².